The maximum atomic E-state index is 5.96. The summed E-state index contributed by atoms with van der Waals surface area (Å²) in [5, 5.41) is 0. The van der Waals surface area contributed by atoms with Crippen molar-refractivity contribution in [3.8, 4) is 0 Å². The topological polar surface area (TPSA) is 30.9 Å². The first-order valence-corrected chi connectivity index (χ1v) is 4.12. The van der Waals surface area contributed by atoms with E-state index >= 15 is 0 Å². The predicted octanol–water partition coefficient (Wildman–Crippen LogP) is 1.99. The van der Waals surface area contributed by atoms with Gasteiger partial charge in [0.2, 0.25) is 0 Å². The van der Waals surface area contributed by atoms with Gasteiger partial charge in [0.1, 0.15) is 0 Å². The zero-order chi connectivity index (χ0) is 9.14. The van der Waals surface area contributed by atoms with Crippen molar-refractivity contribution in [2.24, 2.45) is 12.8 Å². The lowest BCUT2D eigenvalue weighted by molar-refractivity contribution is 0.653. The molecule has 0 fully saturated rings. The van der Waals surface area contributed by atoms with Crippen LogP contribution in [0.3, 0.4) is 0 Å². The molecule has 0 aromatic carbocycles. The van der Waals surface area contributed by atoms with Crippen LogP contribution in [0.5, 0.6) is 0 Å². The van der Waals surface area contributed by atoms with Gasteiger partial charge >= 0.3 is 0 Å². The zero-order valence-corrected chi connectivity index (χ0v) is 7.75. The van der Waals surface area contributed by atoms with Crippen molar-refractivity contribution in [1.29, 1.82) is 0 Å². The normalized spacial score (nSPS) is 12.9. The average molecular weight is 164 g/mol. The predicted molar refractivity (Wildman–Crippen MR) is 51.8 cm³/mol. The zero-order valence-electron chi connectivity index (χ0n) is 7.75. The first-order chi connectivity index (χ1) is 5.61. The molecule has 1 atom stereocenters. The van der Waals surface area contributed by atoms with E-state index in [-0.39, 0.29) is 6.04 Å². The van der Waals surface area contributed by atoms with Gasteiger partial charge in [0, 0.05) is 25.0 Å². The van der Waals surface area contributed by atoms with Crippen molar-refractivity contribution in [1.82, 2.24) is 4.57 Å². The summed E-state index contributed by atoms with van der Waals surface area (Å²) in [6, 6.07) is 4.14. The summed E-state index contributed by atoms with van der Waals surface area (Å²) in [7, 11) is 2.01. The summed E-state index contributed by atoms with van der Waals surface area (Å²) >= 11 is 0. The highest BCUT2D eigenvalue weighted by Crippen LogP contribution is 2.16. The van der Waals surface area contributed by atoms with Crippen LogP contribution in [0, 0.1) is 0 Å². The Morgan fingerprint density at radius 2 is 2.42 bits per heavy atom. The third-order valence-electron chi connectivity index (χ3n) is 1.93. The largest absolute Gasteiger partial charge is 0.353 e. The minimum absolute atomic E-state index is 0.0856. The van der Waals surface area contributed by atoms with E-state index in [2.05, 4.69) is 6.58 Å². The van der Waals surface area contributed by atoms with E-state index in [4.69, 9.17) is 5.73 Å². The Kier molecular flexibility index (Phi) is 2.71. The Balaban J connectivity index is 2.71. The van der Waals surface area contributed by atoms with Gasteiger partial charge in [-0.05, 0) is 25.5 Å². The smallest absolute Gasteiger partial charge is 0.0487 e. The molecule has 1 aromatic heterocycles. The minimum Gasteiger partial charge on any atom is -0.353 e. The van der Waals surface area contributed by atoms with Crippen molar-refractivity contribution in [2.45, 2.75) is 19.4 Å². The quantitative estimate of drug-likeness (QED) is 0.680. The molecule has 12 heavy (non-hydrogen) atoms. The van der Waals surface area contributed by atoms with Crippen LogP contribution in [0.4, 0.5) is 0 Å². The fraction of sp³-hybridized carbons (Fsp3) is 0.400. The fourth-order valence-corrected chi connectivity index (χ4v) is 1.34. The van der Waals surface area contributed by atoms with E-state index in [9.17, 15) is 0 Å². The van der Waals surface area contributed by atoms with E-state index < -0.39 is 0 Å². The molecule has 0 spiro atoms. The van der Waals surface area contributed by atoms with Gasteiger partial charge < -0.3 is 10.3 Å². The van der Waals surface area contributed by atoms with E-state index in [1.807, 2.05) is 36.9 Å². The highest BCUT2D eigenvalue weighted by atomic mass is 14.9. The standard InChI is InChI=1S/C10H16N2/c1-8(2)7-9(11)10-5-4-6-12(10)3/h4-6,9H,1,7,11H2,2-3H3/t9-/m0/s1. The summed E-state index contributed by atoms with van der Waals surface area (Å²) < 4.78 is 2.05. The molecule has 0 aliphatic heterocycles. The number of hydrogen-bond donors (Lipinski definition) is 1. The molecule has 0 saturated heterocycles. The summed E-state index contributed by atoms with van der Waals surface area (Å²) in [4.78, 5) is 0. The minimum atomic E-state index is 0.0856. The highest BCUT2D eigenvalue weighted by molar-refractivity contribution is 5.13. The lowest BCUT2D eigenvalue weighted by atomic mass is 10.1. The second-order valence-electron chi connectivity index (χ2n) is 3.31. The maximum absolute atomic E-state index is 5.96. The number of aryl methyl sites for hydroxylation is 1. The van der Waals surface area contributed by atoms with Crippen molar-refractivity contribution < 1.29 is 0 Å². The monoisotopic (exact) mass is 164 g/mol. The summed E-state index contributed by atoms with van der Waals surface area (Å²) in [5.41, 5.74) is 8.25. The number of nitrogens with two attached hydrogens (primary N) is 1. The molecule has 1 rings (SSSR count). The van der Waals surface area contributed by atoms with Gasteiger partial charge in [-0.3, -0.25) is 0 Å². The SMILES string of the molecule is C=C(C)C[C@H](N)c1cccn1C. The van der Waals surface area contributed by atoms with Crippen LogP contribution in [0.15, 0.2) is 30.5 Å². The van der Waals surface area contributed by atoms with Crippen LogP contribution in [0.1, 0.15) is 25.1 Å². The fourth-order valence-electron chi connectivity index (χ4n) is 1.34. The van der Waals surface area contributed by atoms with Crippen LogP contribution >= 0.6 is 0 Å². The second-order valence-corrected chi connectivity index (χ2v) is 3.31. The van der Waals surface area contributed by atoms with E-state index in [1.165, 1.54) is 0 Å². The van der Waals surface area contributed by atoms with Crippen molar-refractivity contribution >= 4 is 0 Å². The Morgan fingerprint density at radius 1 is 1.75 bits per heavy atom. The van der Waals surface area contributed by atoms with Gasteiger partial charge in [0.25, 0.3) is 0 Å². The Labute approximate surface area is 73.7 Å². The van der Waals surface area contributed by atoms with Crippen molar-refractivity contribution in [3.63, 3.8) is 0 Å². The van der Waals surface area contributed by atoms with Crippen molar-refractivity contribution in [3.05, 3.63) is 36.2 Å². The van der Waals surface area contributed by atoms with E-state index in [0.29, 0.717) is 0 Å². The molecule has 1 heterocycles. The third-order valence-corrected chi connectivity index (χ3v) is 1.93. The third kappa shape index (κ3) is 1.98. The molecule has 0 aliphatic rings. The van der Waals surface area contributed by atoms with Crippen molar-refractivity contribution in [2.75, 3.05) is 0 Å². The molecule has 0 amide bonds. The average Bonchev–Trinajstić information content (AvgIpc) is 2.33. The van der Waals surface area contributed by atoms with Crippen LogP contribution in [-0.2, 0) is 7.05 Å². The molecule has 0 unspecified atom stereocenters. The molecule has 0 saturated carbocycles. The van der Waals surface area contributed by atoms with Crippen LogP contribution in [-0.4, -0.2) is 4.57 Å². The molecular formula is C10H16N2. The molecule has 1 aromatic rings. The Hall–Kier alpha value is -1.02. The summed E-state index contributed by atoms with van der Waals surface area (Å²) in [5.74, 6) is 0. The number of hydrogen-bond acceptors (Lipinski definition) is 1. The summed E-state index contributed by atoms with van der Waals surface area (Å²) in [6.07, 6.45) is 2.87. The lowest BCUT2D eigenvalue weighted by Crippen LogP contribution is -2.13. The van der Waals surface area contributed by atoms with Gasteiger partial charge in [-0.25, -0.2) is 0 Å². The first kappa shape index (κ1) is 9.07. The lowest BCUT2D eigenvalue weighted by Gasteiger charge is -2.12. The number of rotatable bonds is 3. The van der Waals surface area contributed by atoms with E-state index in [1.54, 1.807) is 0 Å². The molecular weight excluding hydrogens is 148 g/mol. The maximum Gasteiger partial charge on any atom is 0.0487 e. The summed E-state index contributed by atoms with van der Waals surface area (Å²) in [6.45, 7) is 5.85. The molecule has 2 heteroatoms. The van der Waals surface area contributed by atoms with E-state index in [0.717, 1.165) is 17.7 Å². The first-order valence-electron chi connectivity index (χ1n) is 4.12. The molecule has 66 valence electrons. The van der Waals surface area contributed by atoms with Gasteiger partial charge in [-0.2, -0.15) is 0 Å². The van der Waals surface area contributed by atoms with Crippen LogP contribution in [0.2, 0.25) is 0 Å². The molecule has 0 aliphatic carbocycles. The molecule has 0 bridgehead atoms. The Bertz CT molecular complexity index is 273. The molecule has 0 radical (unpaired) electrons. The van der Waals surface area contributed by atoms with Gasteiger partial charge in [0.15, 0.2) is 0 Å². The molecule has 2 nitrogen and oxygen atoms in total. The van der Waals surface area contributed by atoms with Gasteiger partial charge in [-0.1, -0.05) is 5.57 Å². The highest BCUT2D eigenvalue weighted by Gasteiger charge is 2.07. The Morgan fingerprint density at radius 3 is 2.83 bits per heavy atom. The van der Waals surface area contributed by atoms with Crippen LogP contribution in [0.25, 0.3) is 0 Å². The van der Waals surface area contributed by atoms with Gasteiger partial charge in [0.05, 0.1) is 0 Å². The second kappa shape index (κ2) is 3.59. The van der Waals surface area contributed by atoms with Crippen LogP contribution < -0.4 is 5.73 Å². The number of nitrogens with zero attached hydrogens (tertiary/aromatic N) is 1. The number of aromatic nitrogens is 1. The van der Waals surface area contributed by atoms with Gasteiger partial charge in [-0.15, -0.1) is 6.58 Å². The molecule has 2 N–H and O–H groups in total.